The van der Waals surface area contributed by atoms with Gasteiger partial charge in [0, 0.05) is 0 Å². The van der Waals surface area contributed by atoms with Crippen LogP contribution in [-0.2, 0) is 9.59 Å². The molecule has 102 valence electrons. The molecule has 0 spiro atoms. The predicted octanol–water partition coefficient (Wildman–Crippen LogP) is 0.802. The number of piperazine rings is 1. The van der Waals surface area contributed by atoms with Gasteiger partial charge in [-0.2, -0.15) is 0 Å². The van der Waals surface area contributed by atoms with Gasteiger partial charge in [0.2, 0.25) is 11.8 Å². The van der Waals surface area contributed by atoms with Crippen LogP contribution in [0, 0.1) is 0 Å². The molecule has 0 aromatic heterocycles. The van der Waals surface area contributed by atoms with Crippen LogP contribution in [0.15, 0.2) is 30.3 Å². The first-order valence-corrected chi connectivity index (χ1v) is 6.28. The number of nitrogens with one attached hydrogen (secondary N) is 1. The van der Waals surface area contributed by atoms with E-state index in [1.165, 1.54) is 0 Å². The minimum atomic E-state index is -0.824. The molecule has 2 amide bonds. The normalized spacial score (nSPS) is 18.1. The summed E-state index contributed by atoms with van der Waals surface area (Å²) >= 11 is 0. The molecule has 1 aromatic carbocycles. The molecule has 2 rings (SSSR count). The number of rotatable bonds is 4. The predicted molar refractivity (Wildman–Crippen MR) is 70.7 cm³/mol. The summed E-state index contributed by atoms with van der Waals surface area (Å²) in [6, 6.07) is 9.40. The molecule has 0 bridgehead atoms. The summed E-state index contributed by atoms with van der Waals surface area (Å²) in [5, 5.41) is 2.59. The topological polar surface area (TPSA) is 58.6 Å². The summed E-state index contributed by atoms with van der Waals surface area (Å²) in [6.07, 6.45) is 0. The lowest BCUT2D eigenvalue weighted by atomic mass is 9.99. The molecule has 1 fully saturated rings. The Bertz CT molecular complexity index is 471. The van der Waals surface area contributed by atoms with E-state index in [1.807, 2.05) is 30.3 Å². The van der Waals surface area contributed by atoms with Crippen molar-refractivity contribution in [2.45, 2.75) is 19.4 Å². The lowest BCUT2D eigenvalue weighted by Gasteiger charge is -2.40. The van der Waals surface area contributed by atoms with Crippen molar-refractivity contribution in [1.82, 2.24) is 10.2 Å². The van der Waals surface area contributed by atoms with Gasteiger partial charge < -0.3 is 15.0 Å². The van der Waals surface area contributed by atoms with Crippen LogP contribution in [0.4, 0.5) is 0 Å². The Labute approximate surface area is 112 Å². The molecule has 1 saturated heterocycles. The smallest absolute Gasteiger partial charge is 0.245 e. The van der Waals surface area contributed by atoms with Crippen molar-refractivity contribution in [2.75, 3.05) is 19.7 Å². The number of hydrogen-bond acceptors (Lipinski definition) is 3. The molecule has 1 aromatic rings. The van der Waals surface area contributed by atoms with E-state index >= 15 is 0 Å². The first-order chi connectivity index (χ1) is 9.01. The Kier molecular flexibility index (Phi) is 3.74. The van der Waals surface area contributed by atoms with Crippen LogP contribution < -0.4 is 10.1 Å². The van der Waals surface area contributed by atoms with E-state index in [1.54, 1.807) is 18.7 Å². The van der Waals surface area contributed by atoms with Gasteiger partial charge in [-0.25, -0.2) is 0 Å². The number of nitrogens with zero attached hydrogens (tertiary/aromatic N) is 1. The van der Waals surface area contributed by atoms with E-state index in [0.29, 0.717) is 13.2 Å². The van der Waals surface area contributed by atoms with Gasteiger partial charge in [-0.15, -0.1) is 0 Å². The third-order valence-electron chi connectivity index (χ3n) is 3.26. The first kappa shape index (κ1) is 13.4. The minimum absolute atomic E-state index is 0.0631. The van der Waals surface area contributed by atoms with Gasteiger partial charge in [-0.3, -0.25) is 9.59 Å². The number of carbonyl (C=O) groups is 2. The van der Waals surface area contributed by atoms with E-state index in [4.69, 9.17) is 4.74 Å². The van der Waals surface area contributed by atoms with Crippen molar-refractivity contribution in [2.24, 2.45) is 0 Å². The summed E-state index contributed by atoms with van der Waals surface area (Å²) in [5.41, 5.74) is -0.824. The largest absolute Gasteiger partial charge is 0.492 e. The molecule has 0 unspecified atom stereocenters. The second kappa shape index (κ2) is 5.30. The average Bonchev–Trinajstić information content (AvgIpc) is 2.40. The van der Waals surface area contributed by atoms with Gasteiger partial charge in [0.05, 0.1) is 13.1 Å². The maximum atomic E-state index is 11.9. The molecule has 1 N–H and O–H groups in total. The number of ether oxygens (including phenoxy) is 1. The van der Waals surface area contributed by atoms with E-state index in [2.05, 4.69) is 5.32 Å². The Morgan fingerprint density at radius 3 is 2.63 bits per heavy atom. The molecule has 1 heterocycles. The molecule has 1 aliphatic rings. The highest BCUT2D eigenvalue weighted by Gasteiger charge is 2.41. The lowest BCUT2D eigenvalue weighted by molar-refractivity contribution is -0.151. The molecule has 0 radical (unpaired) electrons. The Morgan fingerprint density at radius 2 is 1.95 bits per heavy atom. The zero-order valence-electron chi connectivity index (χ0n) is 11.2. The molecule has 19 heavy (non-hydrogen) atoms. The second-order valence-electron chi connectivity index (χ2n) is 4.95. The first-order valence-electron chi connectivity index (χ1n) is 6.28. The van der Waals surface area contributed by atoms with Gasteiger partial charge in [0.25, 0.3) is 0 Å². The highest BCUT2D eigenvalue weighted by atomic mass is 16.5. The Morgan fingerprint density at radius 1 is 1.26 bits per heavy atom. The van der Waals surface area contributed by atoms with Crippen molar-refractivity contribution in [3.05, 3.63) is 30.3 Å². The van der Waals surface area contributed by atoms with Crippen LogP contribution >= 0.6 is 0 Å². The maximum Gasteiger partial charge on any atom is 0.245 e. The van der Waals surface area contributed by atoms with Crippen LogP contribution in [0.3, 0.4) is 0 Å². The zero-order chi connectivity index (χ0) is 13.9. The second-order valence-corrected chi connectivity index (χ2v) is 4.95. The van der Waals surface area contributed by atoms with Crippen molar-refractivity contribution >= 4 is 11.8 Å². The van der Waals surface area contributed by atoms with Crippen molar-refractivity contribution in [1.29, 1.82) is 0 Å². The van der Waals surface area contributed by atoms with Crippen LogP contribution in [-0.4, -0.2) is 41.9 Å². The fourth-order valence-corrected chi connectivity index (χ4v) is 2.08. The number of para-hydroxylation sites is 1. The molecule has 5 heteroatoms. The fraction of sp³-hybridized carbons (Fsp3) is 0.429. The third-order valence-corrected chi connectivity index (χ3v) is 3.26. The Balaban J connectivity index is 1.94. The summed E-state index contributed by atoms with van der Waals surface area (Å²) in [7, 11) is 0. The van der Waals surface area contributed by atoms with Gasteiger partial charge in [-0.1, -0.05) is 18.2 Å². The van der Waals surface area contributed by atoms with E-state index in [0.717, 1.165) is 5.75 Å². The minimum Gasteiger partial charge on any atom is -0.492 e. The third kappa shape index (κ3) is 2.86. The highest BCUT2D eigenvalue weighted by Crippen LogP contribution is 2.18. The summed E-state index contributed by atoms with van der Waals surface area (Å²) in [4.78, 5) is 25.2. The summed E-state index contributed by atoms with van der Waals surface area (Å²) in [6.45, 7) is 4.30. The number of amides is 2. The van der Waals surface area contributed by atoms with Crippen LogP contribution in [0.25, 0.3) is 0 Å². The number of benzene rings is 1. The zero-order valence-corrected chi connectivity index (χ0v) is 11.2. The molecular formula is C14H18N2O3. The molecular weight excluding hydrogens is 244 g/mol. The molecule has 5 nitrogen and oxygen atoms in total. The number of hydrogen-bond donors (Lipinski definition) is 1. The number of carbonyl (C=O) groups excluding carboxylic acids is 2. The van der Waals surface area contributed by atoms with E-state index in [9.17, 15) is 9.59 Å². The van der Waals surface area contributed by atoms with Gasteiger partial charge in [-0.05, 0) is 26.0 Å². The van der Waals surface area contributed by atoms with Crippen molar-refractivity contribution < 1.29 is 14.3 Å². The maximum absolute atomic E-state index is 11.9. The van der Waals surface area contributed by atoms with Crippen molar-refractivity contribution in [3.63, 3.8) is 0 Å². The lowest BCUT2D eigenvalue weighted by Crippen LogP contribution is -2.64. The molecule has 0 saturated carbocycles. The van der Waals surface area contributed by atoms with Crippen LogP contribution in [0.1, 0.15) is 13.8 Å². The monoisotopic (exact) mass is 262 g/mol. The van der Waals surface area contributed by atoms with Gasteiger partial charge in [0.15, 0.2) is 0 Å². The molecule has 0 aliphatic carbocycles. The summed E-state index contributed by atoms with van der Waals surface area (Å²) in [5.74, 6) is 0.544. The summed E-state index contributed by atoms with van der Waals surface area (Å²) < 4.78 is 5.56. The average molecular weight is 262 g/mol. The Hall–Kier alpha value is -2.04. The molecule has 0 atom stereocenters. The standard InChI is InChI=1S/C14H18N2O3/c1-14(2)13(18)15-10-12(17)16(14)8-9-19-11-6-4-3-5-7-11/h3-7H,8-10H2,1-2H3,(H,15,18). The van der Waals surface area contributed by atoms with Gasteiger partial charge in [0.1, 0.15) is 17.9 Å². The highest BCUT2D eigenvalue weighted by molar-refractivity contribution is 5.97. The van der Waals surface area contributed by atoms with Crippen LogP contribution in [0.5, 0.6) is 5.75 Å². The van der Waals surface area contributed by atoms with Crippen molar-refractivity contribution in [3.8, 4) is 5.75 Å². The van der Waals surface area contributed by atoms with Gasteiger partial charge >= 0.3 is 0 Å². The molecule has 1 aliphatic heterocycles. The quantitative estimate of drug-likeness (QED) is 0.873. The van der Waals surface area contributed by atoms with Crippen LogP contribution in [0.2, 0.25) is 0 Å². The fourth-order valence-electron chi connectivity index (χ4n) is 2.08. The SMILES string of the molecule is CC1(C)C(=O)NCC(=O)N1CCOc1ccccc1. The van der Waals surface area contributed by atoms with E-state index in [-0.39, 0.29) is 18.4 Å². The van der Waals surface area contributed by atoms with E-state index < -0.39 is 5.54 Å².